The number of hydrogen-bond donors (Lipinski definition) is 2. The van der Waals surface area contributed by atoms with Crippen LogP contribution in [0.1, 0.15) is 84.0 Å². The molecule has 26 heavy (non-hydrogen) atoms. The zero-order chi connectivity index (χ0) is 18.5. The quantitative estimate of drug-likeness (QED) is 0.788. The van der Waals surface area contributed by atoms with Crippen LogP contribution in [0.25, 0.3) is 0 Å². The SMILES string of the molecule is CC(N)C1CCCCN1C(=O)C1CCC(NC(=O)CC2CCCC2)CC1. The Labute approximate surface area is 158 Å². The molecule has 1 heterocycles. The van der Waals surface area contributed by atoms with Crippen molar-refractivity contribution < 1.29 is 9.59 Å². The van der Waals surface area contributed by atoms with E-state index < -0.39 is 0 Å². The highest BCUT2D eigenvalue weighted by atomic mass is 16.2. The molecule has 148 valence electrons. The highest BCUT2D eigenvalue weighted by Crippen LogP contribution is 2.30. The molecule has 0 aromatic rings. The molecule has 0 spiro atoms. The Hall–Kier alpha value is -1.10. The van der Waals surface area contributed by atoms with Gasteiger partial charge >= 0.3 is 0 Å². The van der Waals surface area contributed by atoms with Crippen LogP contribution >= 0.6 is 0 Å². The van der Waals surface area contributed by atoms with Crippen LogP contribution in [0, 0.1) is 11.8 Å². The largest absolute Gasteiger partial charge is 0.353 e. The number of nitrogens with one attached hydrogen (secondary N) is 1. The average Bonchev–Trinajstić information content (AvgIpc) is 3.14. The summed E-state index contributed by atoms with van der Waals surface area (Å²) in [5.41, 5.74) is 6.13. The molecule has 3 fully saturated rings. The lowest BCUT2D eigenvalue weighted by atomic mass is 9.83. The molecule has 2 saturated carbocycles. The molecule has 3 aliphatic rings. The van der Waals surface area contributed by atoms with Crippen molar-refractivity contribution in [3.63, 3.8) is 0 Å². The molecule has 0 radical (unpaired) electrons. The molecule has 2 atom stereocenters. The fourth-order valence-electron chi connectivity index (χ4n) is 5.26. The van der Waals surface area contributed by atoms with Crippen molar-refractivity contribution in [1.82, 2.24) is 10.2 Å². The van der Waals surface area contributed by atoms with Gasteiger partial charge in [-0.2, -0.15) is 0 Å². The first-order valence-corrected chi connectivity index (χ1v) is 10.9. The van der Waals surface area contributed by atoms with Crippen molar-refractivity contribution >= 4 is 11.8 Å². The molecule has 2 amide bonds. The lowest BCUT2D eigenvalue weighted by Crippen LogP contribution is -2.54. The molecule has 0 bridgehead atoms. The summed E-state index contributed by atoms with van der Waals surface area (Å²) in [5.74, 6) is 1.25. The van der Waals surface area contributed by atoms with Crippen LogP contribution in [0.3, 0.4) is 0 Å². The van der Waals surface area contributed by atoms with E-state index in [1.807, 2.05) is 6.92 Å². The lowest BCUT2D eigenvalue weighted by molar-refractivity contribution is -0.141. The zero-order valence-corrected chi connectivity index (χ0v) is 16.4. The molecule has 2 unspecified atom stereocenters. The Morgan fingerprint density at radius 2 is 1.65 bits per heavy atom. The van der Waals surface area contributed by atoms with Crippen molar-refractivity contribution in [3.8, 4) is 0 Å². The average molecular weight is 364 g/mol. The Balaban J connectivity index is 1.43. The normalized spacial score (nSPS) is 31.6. The van der Waals surface area contributed by atoms with E-state index in [0.29, 0.717) is 18.2 Å². The number of carbonyl (C=O) groups is 2. The summed E-state index contributed by atoms with van der Waals surface area (Å²) in [7, 11) is 0. The number of piperidine rings is 1. The molecule has 2 aliphatic carbocycles. The molecule has 0 aromatic carbocycles. The zero-order valence-electron chi connectivity index (χ0n) is 16.4. The van der Waals surface area contributed by atoms with Crippen molar-refractivity contribution in [2.24, 2.45) is 17.6 Å². The summed E-state index contributed by atoms with van der Waals surface area (Å²) in [4.78, 5) is 27.3. The van der Waals surface area contributed by atoms with Crippen molar-refractivity contribution in [1.29, 1.82) is 0 Å². The van der Waals surface area contributed by atoms with Crippen molar-refractivity contribution in [3.05, 3.63) is 0 Å². The molecule has 0 aromatic heterocycles. The van der Waals surface area contributed by atoms with E-state index in [9.17, 15) is 9.59 Å². The van der Waals surface area contributed by atoms with Gasteiger partial charge in [0.25, 0.3) is 0 Å². The summed E-state index contributed by atoms with van der Waals surface area (Å²) in [6.45, 7) is 2.89. The maximum atomic E-state index is 13.0. The van der Waals surface area contributed by atoms with Gasteiger partial charge in [0.1, 0.15) is 0 Å². The van der Waals surface area contributed by atoms with Crippen molar-refractivity contribution in [2.75, 3.05) is 6.54 Å². The van der Waals surface area contributed by atoms with Crippen LogP contribution in [-0.2, 0) is 9.59 Å². The Kier molecular flexibility index (Phi) is 6.96. The number of rotatable bonds is 5. The second kappa shape index (κ2) is 9.20. The molecule has 1 saturated heterocycles. The monoisotopic (exact) mass is 363 g/mol. The number of hydrogen-bond acceptors (Lipinski definition) is 3. The molecular formula is C21H37N3O2. The fraction of sp³-hybridized carbons (Fsp3) is 0.905. The van der Waals surface area contributed by atoms with Gasteiger partial charge in [0.2, 0.25) is 11.8 Å². The number of nitrogens with zero attached hydrogens (tertiary/aromatic N) is 1. The number of amides is 2. The Morgan fingerprint density at radius 3 is 2.31 bits per heavy atom. The van der Waals surface area contributed by atoms with Gasteiger partial charge in [-0.05, 0) is 70.6 Å². The first kappa shape index (κ1) is 19.7. The first-order valence-electron chi connectivity index (χ1n) is 10.9. The summed E-state index contributed by atoms with van der Waals surface area (Å²) < 4.78 is 0. The van der Waals surface area contributed by atoms with Gasteiger partial charge in [-0.25, -0.2) is 0 Å². The minimum atomic E-state index is 0.0467. The summed E-state index contributed by atoms with van der Waals surface area (Å²) in [6.07, 6.45) is 12.7. The number of likely N-dealkylation sites (tertiary alicyclic amines) is 1. The number of carbonyl (C=O) groups excluding carboxylic acids is 2. The van der Waals surface area contributed by atoms with Crippen LogP contribution in [0.2, 0.25) is 0 Å². The van der Waals surface area contributed by atoms with Gasteiger partial charge in [-0.1, -0.05) is 12.8 Å². The fourth-order valence-corrected chi connectivity index (χ4v) is 5.26. The third kappa shape index (κ3) is 4.99. The Morgan fingerprint density at radius 1 is 1.00 bits per heavy atom. The highest BCUT2D eigenvalue weighted by molar-refractivity contribution is 5.80. The lowest BCUT2D eigenvalue weighted by Gasteiger charge is -2.41. The van der Waals surface area contributed by atoms with E-state index in [2.05, 4.69) is 10.2 Å². The van der Waals surface area contributed by atoms with Gasteiger partial charge in [-0.3, -0.25) is 9.59 Å². The van der Waals surface area contributed by atoms with E-state index in [1.165, 1.54) is 32.1 Å². The topological polar surface area (TPSA) is 75.4 Å². The molecule has 5 nitrogen and oxygen atoms in total. The van der Waals surface area contributed by atoms with Crippen molar-refractivity contribution in [2.45, 2.75) is 102 Å². The molecule has 3 rings (SSSR count). The standard InChI is InChI=1S/C21H37N3O2/c1-15(22)19-8-4-5-13-24(19)21(26)17-9-11-18(12-10-17)23-20(25)14-16-6-2-3-7-16/h15-19H,2-14,22H2,1H3,(H,23,25). The third-order valence-corrected chi connectivity index (χ3v) is 6.83. The molecule has 1 aliphatic heterocycles. The minimum absolute atomic E-state index is 0.0467. The van der Waals surface area contributed by atoms with Gasteiger partial charge < -0.3 is 16.0 Å². The van der Waals surface area contributed by atoms with Crippen LogP contribution in [0.4, 0.5) is 0 Å². The molecule has 5 heteroatoms. The maximum absolute atomic E-state index is 13.0. The van der Waals surface area contributed by atoms with Crippen LogP contribution < -0.4 is 11.1 Å². The highest BCUT2D eigenvalue weighted by Gasteiger charge is 2.35. The van der Waals surface area contributed by atoms with Crippen LogP contribution in [-0.4, -0.2) is 41.4 Å². The predicted octanol–water partition coefficient (Wildman–Crippen LogP) is 2.97. The van der Waals surface area contributed by atoms with E-state index in [-0.39, 0.29) is 30.0 Å². The number of nitrogens with two attached hydrogens (primary N) is 1. The second-order valence-electron chi connectivity index (χ2n) is 8.92. The van der Waals surface area contributed by atoms with Gasteiger partial charge in [0.15, 0.2) is 0 Å². The summed E-state index contributed by atoms with van der Waals surface area (Å²) >= 11 is 0. The van der Waals surface area contributed by atoms with Crippen LogP contribution in [0.5, 0.6) is 0 Å². The summed E-state index contributed by atoms with van der Waals surface area (Å²) in [5, 5.41) is 3.23. The predicted molar refractivity (Wildman–Crippen MR) is 103 cm³/mol. The third-order valence-electron chi connectivity index (χ3n) is 6.83. The van der Waals surface area contributed by atoms with Gasteiger partial charge in [0, 0.05) is 37.0 Å². The minimum Gasteiger partial charge on any atom is -0.353 e. The maximum Gasteiger partial charge on any atom is 0.225 e. The molecule has 3 N–H and O–H groups in total. The summed E-state index contributed by atoms with van der Waals surface area (Å²) in [6, 6.07) is 0.518. The first-order chi connectivity index (χ1) is 12.5. The van der Waals surface area contributed by atoms with E-state index in [0.717, 1.165) is 45.1 Å². The Bertz CT molecular complexity index is 480. The van der Waals surface area contributed by atoms with Gasteiger partial charge in [0.05, 0.1) is 0 Å². The second-order valence-corrected chi connectivity index (χ2v) is 8.92. The smallest absolute Gasteiger partial charge is 0.225 e. The van der Waals surface area contributed by atoms with E-state index in [1.54, 1.807) is 0 Å². The molecular weight excluding hydrogens is 326 g/mol. The van der Waals surface area contributed by atoms with Gasteiger partial charge in [-0.15, -0.1) is 0 Å². The van der Waals surface area contributed by atoms with E-state index >= 15 is 0 Å². The van der Waals surface area contributed by atoms with Crippen LogP contribution in [0.15, 0.2) is 0 Å². The van der Waals surface area contributed by atoms with E-state index in [4.69, 9.17) is 5.73 Å².